The molecule has 5 nitrogen and oxygen atoms in total. The molecular formula is C26H26N4OS. The summed E-state index contributed by atoms with van der Waals surface area (Å²) in [5.74, 6) is 2.05. The number of hydrogen-bond donors (Lipinski definition) is 2. The van der Waals surface area contributed by atoms with Gasteiger partial charge in [0.1, 0.15) is 5.75 Å². The highest BCUT2D eigenvalue weighted by atomic mass is 32.2. The lowest BCUT2D eigenvalue weighted by Crippen LogP contribution is -2.01. The van der Waals surface area contributed by atoms with E-state index < -0.39 is 0 Å². The second-order valence-electron chi connectivity index (χ2n) is 7.85. The molecule has 0 atom stereocenters. The fourth-order valence-corrected chi connectivity index (χ4v) is 4.02. The van der Waals surface area contributed by atoms with Gasteiger partial charge in [-0.3, -0.25) is 4.72 Å². The van der Waals surface area contributed by atoms with Crippen molar-refractivity contribution >= 4 is 23.6 Å². The van der Waals surface area contributed by atoms with E-state index in [1.807, 2.05) is 67.6 Å². The maximum absolute atomic E-state index is 6.11. The summed E-state index contributed by atoms with van der Waals surface area (Å²) < 4.78 is 9.36. The molecule has 0 bridgehead atoms. The molecule has 0 aliphatic rings. The standard InChI is InChI=1S/C26H26N4OS/c1-17(2)22-12-4-5-13-23(22)24-16-25(31-20-10-6-8-18(3)14-20)29-26(28-24)30-32-21-11-7-9-19(27)15-21/h4-17H,27H2,1-3H3,(H,28,29,30). The molecule has 0 amide bonds. The van der Waals surface area contributed by atoms with Crippen molar-refractivity contribution in [3.05, 3.63) is 90.0 Å². The highest BCUT2D eigenvalue weighted by Crippen LogP contribution is 2.32. The Bertz CT molecular complexity index is 1230. The maximum Gasteiger partial charge on any atom is 0.237 e. The zero-order valence-electron chi connectivity index (χ0n) is 18.4. The third kappa shape index (κ3) is 5.39. The number of ether oxygens (including phenoxy) is 1. The Kier molecular flexibility index (Phi) is 6.61. The van der Waals surface area contributed by atoms with E-state index in [0.29, 0.717) is 23.4 Å². The van der Waals surface area contributed by atoms with Crippen molar-refractivity contribution in [2.24, 2.45) is 0 Å². The van der Waals surface area contributed by atoms with Crippen LogP contribution in [0.15, 0.2) is 83.8 Å². The molecule has 0 radical (unpaired) electrons. The second-order valence-corrected chi connectivity index (χ2v) is 8.73. The van der Waals surface area contributed by atoms with Gasteiger partial charge in [-0.25, -0.2) is 4.98 Å². The van der Waals surface area contributed by atoms with Gasteiger partial charge in [-0.2, -0.15) is 4.98 Å². The van der Waals surface area contributed by atoms with Crippen molar-refractivity contribution in [1.29, 1.82) is 0 Å². The molecule has 0 aliphatic heterocycles. The van der Waals surface area contributed by atoms with Gasteiger partial charge in [0.15, 0.2) is 0 Å². The first-order valence-electron chi connectivity index (χ1n) is 10.5. The van der Waals surface area contributed by atoms with E-state index in [4.69, 9.17) is 15.5 Å². The van der Waals surface area contributed by atoms with Crippen molar-refractivity contribution in [1.82, 2.24) is 9.97 Å². The first-order valence-corrected chi connectivity index (χ1v) is 11.3. The number of nitrogens with two attached hydrogens (primary N) is 1. The van der Waals surface area contributed by atoms with Gasteiger partial charge in [0, 0.05) is 22.2 Å². The molecular weight excluding hydrogens is 416 g/mol. The molecule has 1 heterocycles. The molecule has 0 saturated heterocycles. The predicted molar refractivity (Wildman–Crippen MR) is 133 cm³/mol. The van der Waals surface area contributed by atoms with Crippen LogP contribution in [0, 0.1) is 6.92 Å². The molecule has 0 spiro atoms. The Labute approximate surface area is 193 Å². The summed E-state index contributed by atoms with van der Waals surface area (Å²) in [7, 11) is 0. The van der Waals surface area contributed by atoms with Crippen LogP contribution in [0.25, 0.3) is 11.3 Å². The van der Waals surface area contributed by atoms with Gasteiger partial charge in [-0.15, -0.1) is 0 Å². The number of nitrogens with one attached hydrogen (secondary N) is 1. The summed E-state index contributed by atoms with van der Waals surface area (Å²) in [5, 5.41) is 0. The maximum atomic E-state index is 6.11. The smallest absolute Gasteiger partial charge is 0.237 e. The zero-order chi connectivity index (χ0) is 22.5. The van der Waals surface area contributed by atoms with Gasteiger partial charge in [0.2, 0.25) is 11.8 Å². The van der Waals surface area contributed by atoms with Crippen LogP contribution in [0.3, 0.4) is 0 Å². The number of benzene rings is 3. The lowest BCUT2D eigenvalue weighted by molar-refractivity contribution is 0.462. The Hall–Kier alpha value is -3.51. The molecule has 0 unspecified atom stereocenters. The summed E-state index contributed by atoms with van der Waals surface area (Å²) in [6, 6.07) is 25.8. The van der Waals surface area contributed by atoms with Crippen LogP contribution >= 0.6 is 11.9 Å². The number of anilines is 2. The van der Waals surface area contributed by atoms with E-state index in [1.54, 1.807) is 0 Å². The average Bonchev–Trinajstić information content (AvgIpc) is 2.78. The SMILES string of the molecule is Cc1cccc(Oc2cc(-c3ccccc3C(C)C)nc(NSc3cccc(N)c3)n2)c1. The van der Waals surface area contributed by atoms with Gasteiger partial charge in [-0.1, -0.05) is 56.3 Å². The number of nitrogens with zero attached hydrogens (tertiary/aromatic N) is 2. The van der Waals surface area contributed by atoms with E-state index in [2.05, 4.69) is 41.8 Å². The topological polar surface area (TPSA) is 73.1 Å². The zero-order valence-corrected chi connectivity index (χ0v) is 19.2. The van der Waals surface area contributed by atoms with Crippen LogP contribution in [0.4, 0.5) is 11.6 Å². The molecule has 0 fully saturated rings. The van der Waals surface area contributed by atoms with Gasteiger partial charge in [0.25, 0.3) is 0 Å². The quantitative estimate of drug-likeness (QED) is 0.236. The van der Waals surface area contributed by atoms with E-state index in [0.717, 1.165) is 27.5 Å². The monoisotopic (exact) mass is 442 g/mol. The highest BCUT2D eigenvalue weighted by molar-refractivity contribution is 8.00. The van der Waals surface area contributed by atoms with Gasteiger partial charge < -0.3 is 10.5 Å². The molecule has 1 aromatic heterocycles. The average molecular weight is 443 g/mol. The number of aryl methyl sites for hydroxylation is 1. The van der Waals surface area contributed by atoms with Crippen LogP contribution in [0.2, 0.25) is 0 Å². The van der Waals surface area contributed by atoms with Crippen molar-refractivity contribution < 1.29 is 4.74 Å². The van der Waals surface area contributed by atoms with Crippen molar-refractivity contribution in [2.45, 2.75) is 31.6 Å². The van der Waals surface area contributed by atoms with Crippen LogP contribution < -0.4 is 15.2 Å². The van der Waals surface area contributed by atoms with Crippen LogP contribution in [-0.2, 0) is 0 Å². The summed E-state index contributed by atoms with van der Waals surface area (Å²) in [4.78, 5) is 10.4. The number of rotatable bonds is 7. The Morgan fingerprint density at radius 1 is 0.906 bits per heavy atom. The number of nitrogen functional groups attached to an aromatic ring is 1. The van der Waals surface area contributed by atoms with E-state index >= 15 is 0 Å². The second kappa shape index (κ2) is 9.75. The molecule has 4 aromatic rings. The highest BCUT2D eigenvalue weighted by Gasteiger charge is 2.14. The lowest BCUT2D eigenvalue weighted by Gasteiger charge is -2.15. The fourth-order valence-electron chi connectivity index (χ4n) is 3.38. The molecule has 162 valence electrons. The molecule has 4 rings (SSSR count). The minimum atomic E-state index is 0.361. The summed E-state index contributed by atoms with van der Waals surface area (Å²) in [5.41, 5.74) is 10.8. The molecule has 32 heavy (non-hydrogen) atoms. The lowest BCUT2D eigenvalue weighted by atomic mass is 9.95. The van der Waals surface area contributed by atoms with Crippen LogP contribution in [0.1, 0.15) is 30.9 Å². The van der Waals surface area contributed by atoms with Crippen molar-refractivity contribution in [3.63, 3.8) is 0 Å². The minimum Gasteiger partial charge on any atom is -0.439 e. The Morgan fingerprint density at radius 2 is 1.72 bits per heavy atom. The van der Waals surface area contributed by atoms with Crippen LogP contribution in [0.5, 0.6) is 11.6 Å². The molecule has 6 heteroatoms. The van der Waals surface area contributed by atoms with Gasteiger partial charge >= 0.3 is 0 Å². The van der Waals surface area contributed by atoms with Crippen LogP contribution in [-0.4, -0.2) is 9.97 Å². The first kappa shape index (κ1) is 21.7. The normalized spacial score (nSPS) is 10.9. The molecule has 0 saturated carbocycles. The predicted octanol–water partition coefficient (Wildman–Crippen LogP) is 7.07. The Balaban J connectivity index is 1.71. The molecule has 3 aromatic carbocycles. The Morgan fingerprint density at radius 3 is 2.50 bits per heavy atom. The van der Waals surface area contributed by atoms with Crippen molar-refractivity contribution in [3.8, 4) is 22.9 Å². The molecule has 0 aliphatic carbocycles. The minimum absolute atomic E-state index is 0.361. The summed E-state index contributed by atoms with van der Waals surface area (Å²) >= 11 is 1.41. The third-order valence-corrected chi connectivity index (χ3v) is 5.67. The number of aromatic nitrogens is 2. The van der Waals surface area contributed by atoms with Gasteiger partial charge in [-0.05, 0) is 66.2 Å². The fraction of sp³-hybridized carbons (Fsp3) is 0.154. The summed E-state index contributed by atoms with van der Waals surface area (Å²) in [6.45, 7) is 6.39. The van der Waals surface area contributed by atoms with E-state index in [1.165, 1.54) is 17.5 Å². The number of hydrogen-bond acceptors (Lipinski definition) is 6. The van der Waals surface area contributed by atoms with Crippen molar-refractivity contribution in [2.75, 3.05) is 10.5 Å². The largest absolute Gasteiger partial charge is 0.439 e. The van der Waals surface area contributed by atoms with E-state index in [9.17, 15) is 0 Å². The van der Waals surface area contributed by atoms with Gasteiger partial charge in [0.05, 0.1) is 5.69 Å². The van der Waals surface area contributed by atoms with E-state index in [-0.39, 0.29) is 0 Å². The molecule has 3 N–H and O–H groups in total. The third-order valence-electron chi connectivity index (χ3n) is 4.89. The summed E-state index contributed by atoms with van der Waals surface area (Å²) in [6.07, 6.45) is 0. The first-order chi connectivity index (χ1) is 15.5.